The van der Waals surface area contributed by atoms with Gasteiger partial charge >= 0.3 is 0 Å². The molecule has 2 fully saturated rings. The van der Waals surface area contributed by atoms with Gasteiger partial charge in [0, 0.05) is 12.6 Å². The molecule has 0 bridgehead atoms. The number of rotatable bonds is 2. The molecule has 12 heavy (non-hydrogen) atoms. The third-order valence-corrected chi connectivity index (χ3v) is 3.67. The highest BCUT2D eigenvalue weighted by molar-refractivity contribution is 4.89. The summed E-state index contributed by atoms with van der Waals surface area (Å²) in [5.74, 6) is 1.65. The summed E-state index contributed by atoms with van der Waals surface area (Å²) in [7, 11) is 2.20. The van der Waals surface area contributed by atoms with Crippen LogP contribution < -0.4 is 5.73 Å². The Balaban J connectivity index is 1.83. The average molecular weight is 168 g/mol. The van der Waals surface area contributed by atoms with Gasteiger partial charge in [-0.2, -0.15) is 0 Å². The van der Waals surface area contributed by atoms with E-state index in [9.17, 15) is 0 Å². The van der Waals surface area contributed by atoms with Gasteiger partial charge in [-0.25, -0.2) is 0 Å². The molecule has 0 spiro atoms. The highest BCUT2D eigenvalue weighted by Gasteiger charge is 2.33. The second-order valence-electron chi connectivity index (χ2n) is 4.58. The quantitative estimate of drug-likeness (QED) is 0.668. The molecule has 2 heteroatoms. The zero-order valence-corrected chi connectivity index (χ0v) is 8.00. The lowest BCUT2D eigenvalue weighted by atomic mass is 9.75. The summed E-state index contributed by atoms with van der Waals surface area (Å²) in [5.41, 5.74) is 6.22. The summed E-state index contributed by atoms with van der Waals surface area (Å²) in [5, 5.41) is 0. The van der Waals surface area contributed by atoms with Crippen molar-refractivity contribution in [1.82, 2.24) is 4.90 Å². The van der Waals surface area contributed by atoms with Crippen molar-refractivity contribution in [1.29, 1.82) is 0 Å². The summed E-state index contributed by atoms with van der Waals surface area (Å²) in [6, 6.07) is 0.503. The maximum Gasteiger partial charge on any atom is 0.0108 e. The number of hydrogen-bond donors (Lipinski definition) is 1. The Morgan fingerprint density at radius 3 is 2.42 bits per heavy atom. The van der Waals surface area contributed by atoms with Crippen LogP contribution in [-0.2, 0) is 0 Å². The Kier molecular flexibility index (Phi) is 2.37. The van der Waals surface area contributed by atoms with Crippen molar-refractivity contribution in [3.05, 3.63) is 0 Å². The zero-order valence-electron chi connectivity index (χ0n) is 8.00. The van der Waals surface area contributed by atoms with Crippen LogP contribution in [0.5, 0.6) is 0 Å². The molecule has 1 saturated heterocycles. The van der Waals surface area contributed by atoms with Gasteiger partial charge in [-0.3, -0.25) is 0 Å². The molecule has 2 N–H and O–H groups in total. The van der Waals surface area contributed by atoms with Gasteiger partial charge in [0.1, 0.15) is 0 Å². The fourth-order valence-electron chi connectivity index (χ4n) is 2.49. The minimum absolute atomic E-state index is 0.503. The van der Waals surface area contributed by atoms with Crippen LogP contribution >= 0.6 is 0 Å². The van der Waals surface area contributed by atoms with Gasteiger partial charge in [-0.1, -0.05) is 6.42 Å². The van der Waals surface area contributed by atoms with E-state index in [-0.39, 0.29) is 0 Å². The first kappa shape index (κ1) is 8.52. The van der Waals surface area contributed by atoms with E-state index in [0.29, 0.717) is 6.04 Å². The van der Waals surface area contributed by atoms with E-state index in [4.69, 9.17) is 5.73 Å². The van der Waals surface area contributed by atoms with Gasteiger partial charge in [0.05, 0.1) is 0 Å². The Morgan fingerprint density at radius 1 is 1.25 bits per heavy atom. The maximum atomic E-state index is 6.22. The Hall–Kier alpha value is -0.0800. The van der Waals surface area contributed by atoms with Crippen molar-refractivity contribution in [2.75, 3.05) is 20.1 Å². The molecule has 2 rings (SSSR count). The third kappa shape index (κ3) is 1.50. The predicted octanol–water partition coefficient (Wildman–Crippen LogP) is 1.07. The molecular weight excluding hydrogens is 148 g/mol. The van der Waals surface area contributed by atoms with Crippen LogP contribution in [0, 0.1) is 11.8 Å². The van der Waals surface area contributed by atoms with Crippen LogP contribution in [0.15, 0.2) is 0 Å². The molecular formula is C10H20N2. The molecule has 1 saturated carbocycles. The normalized spacial score (nSPS) is 35.0. The summed E-state index contributed by atoms with van der Waals surface area (Å²) in [6.45, 7) is 2.49. The lowest BCUT2D eigenvalue weighted by Crippen LogP contribution is -2.41. The summed E-state index contributed by atoms with van der Waals surface area (Å²) >= 11 is 0. The number of likely N-dealkylation sites (tertiary alicyclic amines) is 1. The summed E-state index contributed by atoms with van der Waals surface area (Å²) in [6.07, 6.45) is 5.53. The Morgan fingerprint density at radius 2 is 2.00 bits per heavy atom. The van der Waals surface area contributed by atoms with Crippen LogP contribution in [0.2, 0.25) is 0 Å². The van der Waals surface area contributed by atoms with Gasteiger partial charge in [0.25, 0.3) is 0 Å². The summed E-state index contributed by atoms with van der Waals surface area (Å²) < 4.78 is 0. The molecule has 2 unspecified atom stereocenters. The molecule has 0 aromatic heterocycles. The van der Waals surface area contributed by atoms with E-state index < -0.39 is 0 Å². The van der Waals surface area contributed by atoms with E-state index in [1.165, 1.54) is 38.8 Å². The maximum absolute atomic E-state index is 6.22. The molecule has 0 radical (unpaired) electrons. The number of hydrogen-bond acceptors (Lipinski definition) is 2. The van der Waals surface area contributed by atoms with Crippen molar-refractivity contribution in [3.8, 4) is 0 Å². The van der Waals surface area contributed by atoms with E-state index in [1.54, 1.807) is 0 Å². The first-order chi connectivity index (χ1) is 5.77. The van der Waals surface area contributed by atoms with Gasteiger partial charge in [0.15, 0.2) is 0 Å². The fourth-order valence-corrected chi connectivity index (χ4v) is 2.49. The molecule has 1 aliphatic carbocycles. The number of nitrogens with two attached hydrogens (primary N) is 1. The van der Waals surface area contributed by atoms with E-state index in [1.807, 2.05) is 0 Å². The molecule has 1 heterocycles. The highest BCUT2D eigenvalue weighted by atomic mass is 15.1. The molecule has 1 aliphatic heterocycles. The van der Waals surface area contributed by atoms with Crippen LogP contribution in [0.4, 0.5) is 0 Å². The minimum Gasteiger partial charge on any atom is -0.327 e. The minimum atomic E-state index is 0.503. The second kappa shape index (κ2) is 3.35. The van der Waals surface area contributed by atoms with Crippen molar-refractivity contribution < 1.29 is 0 Å². The lowest BCUT2D eigenvalue weighted by molar-refractivity contribution is 0.208. The molecule has 0 aromatic carbocycles. The van der Waals surface area contributed by atoms with Gasteiger partial charge in [0.2, 0.25) is 0 Å². The van der Waals surface area contributed by atoms with Crippen LogP contribution in [-0.4, -0.2) is 31.1 Å². The first-order valence-corrected chi connectivity index (χ1v) is 5.21. The van der Waals surface area contributed by atoms with Gasteiger partial charge in [-0.15, -0.1) is 0 Å². The topological polar surface area (TPSA) is 29.3 Å². The lowest BCUT2D eigenvalue weighted by Gasteiger charge is -2.34. The van der Waals surface area contributed by atoms with Crippen LogP contribution in [0.25, 0.3) is 0 Å². The highest BCUT2D eigenvalue weighted by Crippen LogP contribution is 2.34. The second-order valence-corrected chi connectivity index (χ2v) is 4.58. The largest absolute Gasteiger partial charge is 0.327 e. The standard InChI is InChI=1S/C10H20N2/c1-12-6-5-9(7-12)10(11)8-3-2-4-8/h8-10H,2-7,11H2,1H3. The Bertz CT molecular complexity index is 154. The molecule has 70 valence electrons. The van der Waals surface area contributed by atoms with E-state index in [0.717, 1.165) is 11.8 Å². The van der Waals surface area contributed by atoms with Gasteiger partial charge in [-0.05, 0) is 44.7 Å². The van der Waals surface area contributed by atoms with Crippen molar-refractivity contribution >= 4 is 0 Å². The SMILES string of the molecule is CN1CCC(C(N)C2CCC2)C1. The van der Waals surface area contributed by atoms with E-state index in [2.05, 4.69) is 11.9 Å². The smallest absolute Gasteiger partial charge is 0.0108 e. The van der Waals surface area contributed by atoms with Crippen molar-refractivity contribution in [3.63, 3.8) is 0 Å². The first-order valence-electron chi connectivity index (χ1n) is 5.21. The predicted molar refractivity (Wildman–Crippen MR) is 50.9 cm³/mol. The summed E-state index contributed by atoms with van der Waals surface area (Å²) in [4.78, 5) is 2.41. The number of nitrogens with zero attached hydrogens (tertiary/aromatic N) is 1. The Labute approximate surface area is 75.1 Å². The van der Waals surface area contributed by atoms with Crippen LogP contribution in [0.1, 0.15) is 25.7 Å². The van der Waals surface area contributed by atoms with Crippen molar-refractivity contribution in [2.24, 2.45) is 17.6 Å². The molecule has 2 nitrogen and oxygen atoms in total. The monoisotopic (exact) mass is 168 g/mol. The molecule has 2 aliphatic rings. The van der Waals surface area contributed by atoms with Crippen molar-refractivity contribution in [2.45, 2.75) is 31.7 Å². The van der Waals surface area contributed by atoms with E-state index >= 15 is 0 Å². The average Bonchev–Trinajstić information content (AvgIpc) is 2.31. The van der Waals surface area contributed by atoms with Crippen LogP contribution in [0.3, 0.4) is 0 Å². The van der Waals surface area contributed by atoms with Gasteiger partial charge < -0.3 is 10.6 Å². The molecule has 0 aromatic rings. The molecule has 2 atom stereocenters. The fraction of sp³-hybridized carbons (Fsp3) is 1.00. The molecule has 0 amide bonds. The zero-order chi connectivity index (χ0) is 8.55. The third-order valence-electron chi connectivity index (χ3n) is 3.67.